The number of sulfonamides is 1. The van der Waals surface area contributed by atoms with Gasteiger partial charge in [-0.1, -0.05) is 57.9 Å². The van der Waals surface area contributed by atoms with E-state index in [0.29, 0.717) is 16.3 Å². The Morgan fingerprint density at radius 1 is 1.00 bits per heavy atom. The highest BCUT2D eigenvalue weighted by Crippen LogP contribution is 2.40. The number of fused-ring (bicyclic) bond motifs is 1. The number of hydrogen-bond donors (Lipinski definition) is 1. The van der Waals surface area contributed by atoms with E-state index in [4.69, 9.17) is 11.6 Å². The smallest absolute Gasteiger partial charge is 0.244 e. The fourth-order valence-corrected chi connectivity index (χ4v) is 5.45. The molecule has 0 saturated heterocycles. The van der Waals surface area contributed by atoms with Crippen LogP contribution < -0.4 is 5.32 Å². The van der Waals surface area contributed by atoms with Crippen LogP contribution in [-0.4, -0.2) is 25.2 Å². The average Bonchev–Trinajstić information content (AvgIpc) is 2.85. The van der Waals surface area contributed by atoms with E-state index in [1.54, 1.807) is 6.07 Å². The Labute approximate surface area is 182 Å². The fraction of sp³-hybridized carbons (Fsp3) is 0.0952. The van der Waals surface area contributed by atoms with Crippen molar-refractivity contribution in [2.24, 2.45) is 0 Å². The maximum Gasteiger partial charge on any atom is 0.244 e. The summed E-state index contributed by atoms with van der Waals surface area (Å²) in [5, 5.41) is 3.26. The van der Waals surface area contributed by atoms with Gasteiger partial charge in [0.05, 0.1) is 17.5 Å². The van der Waals surface area contributed by atoms with Crippen LogP contribution in [0.4, 0.5) is 5.69 Å². The molecule has 4 rings (SSSR count). The highest BCUT2D eigenvalue weighted by Gasteiger charge is 2.38. The zero-order valence-electron chi connectivity index (χ0n) is 15.0. The third kappa shape index (κ3) is 3.96. The number of nitrogens with one attached hydrogen (secondary N) is 1. The molecule has 29 heavy (non-hydrogen) atoms. The normalized spacial score (nSPS) is 17.3. The van der Waals surface area contributed by atoms with Gasteiger partial charge in [0.2, 0.25) is 15.9 Å². The summed E-state index contributed by atoms with van der Waals surface area (Å²) in [4.78, 5) is 12.7. The van der Waals surface area contributed by atoms with Gasteiger partial charge in [0.15, 0.2) is 0 Å². The largest absolute Gasteiger partial charge is 0.325 e. The molecule has 0 aromatic heterocycles. The van der Waals surface area contributed by atoms with E-state index in [1.165, 1.54) is 28.6 Å². The lowest BCUT2D eigenvalue weighted by Crippen LogP contribution is -2.38. The van der Waals surface area contributed by atoms with E-state index < -0.39 is 22.0 Å². The van der Waals surface area contributed by atoms with Gasteiger partial charge < -0.3 is 5.32 Å². The summed E-state index contributed by atoms with van der Waals surface area (Å²) in [6.07, 6.45) is 0. The van der Waals surface area contributed by atoms with Gasteiger partial charge in [-0.15, -0.1) is 0 Å². The van der Waals surface area contributed by atoms with E-state index >= 15 is 0 Å². The van der Waals surface area contributed by atoms with Crippen LogP contribution in [0.15, 0.2) is 82.2 Å². The number of halogens is 2. The minimum absolute atomic E-state index is 0.0778. The van der Waals surface area contributed by atoms with Gasteiger partial charge in [0.1, 0.15) is 0 Å². The molecule has 1 aliphatic heterocycles. The molecule has 0 aliphatic carbocycles. The van der Waals surface area contributed by atoms with Crippen molar-refractivity contribution >= 4 is 49.1 Å². The van der Waals surface area contributed by atoms with Crippen LogP contribution in [-0.2, 0) is 14.8 Å². The molecule has 0 bridgehead atoms. The van der Waals surface area contributed by atoms with Gasteiger partial charge in [0, 0.05) is 15.2 Å². The molecule has 0 spiro atoms. The van der Waals surface area contributed by atoms with Crippen molar-refractivity contribution in [1.82, 2.24) is 4.31 Å². The number of hydrogen-bond acceptors (Lipinski definition) is 3. The first-order valence-corrected chi connectivity index (χ1v) is 11.4. The number of carbonyl (C=O) groups is 1. The lowest BCUT2D eigenvalue weighted by molar-refractivity contribution is -0.116. The zero-order valence-corrected chi connectivity index (χ0v) is 18.2. The minimum atomic E-state index is -3.99. The second-order valence-electron chi connectivity index (χ2n) is 6.60. The van der Waals surface area contributed by atoms with Crippen molar-refractivity contribution < 1.29 is 13.2 Å². The third-order valence-corrected chi connectivity index (χ3v) is 7.28. The van der Waals surface area contributed by atoms with Crippen LogP contribution >= 0.6 is 27.5 Å². The molecule has 1 amide bonds. The Bertz CT molecular complexity index is 1170. The molecule has 0 saturated carbocycles. The summed E-state index contributed by atoms with van der Waals surface area (Å²) < 4.78 is 29.2. The van der Waals surface area contributed by atoms with Crippen molar-refractivity contribution in [1.29, 1.82) is 0 Å². The molecule has 3 aromatic carbocycles. The summed E-state index contributed by atoms with van der Waals surface area (Å²) in [5.74, 6) is -0.399. The van der Waals surface area contributed by atoms with E-state index in [9.17, 15) is 13.2 Å². The van der Waals surface area contributed by atoms with Crippen molar-refractivity contribution in [2.75, 3.05) is 11.9 Å². The second-order valence-corrected chi connectivity index (χ2v) is 9.84. The molecule has 0 fully saturated rings. The Balaban J connectivity index is 1.95. The number of carbonyl (C=O) groups excluding carboxylic acids is 1. The number of amides is 1. The van der Waals surface area contributed by atoms with Crippen LogP contribution in [0.25, 0.3) is 0 Å². The molecular formula is C21H16BrClN2O3S. The van der Waals surface area contributed by atoms with Gasteiger partial charge in [-0.05, 0) is 53.6 Å². The predicted octanol–water partition coefficient (Wildman–Crippen LogP) is 4.83. The van der Waals surface area contributed by atoms with E-state index in [0.717, 1.165) is 10.0 Å². The number of benzene rings is 3. The lowest BCUT2D eigenvalue weighted by atomic mass is 9.97. The molecule has 1 N–H and O–H groups in total. The van der Waals surface area contributed by atoms with Crippen molar-refractivity contribution in [3.05, 3.63) is 93.4 Å². The Morgan fingerprint density at radius 3 is 2.38 bits per heavy atom. The first-order chi connectivity index (χ1) is 13.9. The number of rotatable bonds is 3. The number of anilines is 1. The fourth-order valence-electron chi connectivity index (χ4n) is 3.40. The zero-order chi connectivity index (χ0) is 20.6. The minimum Gasteiger partial charge on any atom is -0.325 e. The first kappa shape index (κ1) is 20.1. The average molecular weight is 492 g/mol. The van der Waals surface area contributed by atoms with Crippen LogP contribution in [0.2, 0.25) is 5.02 Å². The van der Waals surface area contributed by atoms with E-state index in [1.807, 2.05) is 42.5 Å². The summed E-state index contributed by atoms with van der Waals surface area (Å²) in [5.41, 5.74) is 2.04. The van der Waals surface area contributed by atoms with Crippen molar-refractivity contribution in [2.45, 2.75) is 10.9 Å². The topological polar surface area (TPSA) is 66.5 Å². The Morgan fingerprint density at radius 2 is 1.69 bits per heavy atom. The molecule has 0 radical (unpaired) electrons. The quantitative estimate of drug-likeness (QED) is 0.570. The van der Waals surface area contributed by atoms with E-state index in [-0.39, 0.29) is 11.4 Å². The molecule has 1 heterocycles. The standard InChI is InChI=1S/C21H16BrClN2O3S/c22-15-6-11-19-18(12-15)21(14-4-2-1-3-5-14)25(13-20(26)24-19)29(27,28)17-9-7-16(23)8-10-17/h1-12,21H,13H2,(H,24,26). The molecule has 1 aliphatic rings. The first-order valence-electron chi connectivity index (χ1n) is 8.78. The van der Waals surface area contributed by atoms with Crippen LogP contribution in [0.1, 0.15) is 17.2 Å². The van der Waals surface area contributed by atoms with Crippen molar-refractivity contribution in [3.63, 3.8) is 0 Å². The molecule has 1 atom stereocenters. The van der Waals surface area contributed by atoms with Crippen LogP contribution in [0, 0.1) is 0 Å². The molecule has 3 aromatic rings. The summed E-state index contributed by atoms with van der Waals surface area (Å²) >= 11 is 9.39. The SMILES string of the molecule is O=C1CN(S(=O)(=O)c2ccc(Cl)cc2)C(c2ccccc2)c2cc(Br)ccc2N1. The highest BCUT2D eigenvalue weighted by atomic mass is 79.9. The lowest BCUT2D eigenvalue weighted by Gasteiger charge is -2.29. The highest BCUT2D eigenvalue weighted by molar-refractivity contribution is 9.10. The molecular weight excluding hydrogens is 476 g/mol. The summed E-state index contributed by atoms with van der Waals surface area (Å²) in [6, 6.07) is 20.0. The molecule has 148 valence electrons. The maximum absolute atomic E-state index is 13.6. The van der Waals surface area contributed by atoms with Crippen molar-refractivity contribution in [3.8, 4) is 0 Å². The van der Waals surface area contributed by atoms with Gasteiger partial charge >= 0.3 is 0 Å². The monoisotopic (exact) mass is 490 g/mol. The Kier molecular flexibility index (Phi) is 5.48. The van der Waals surface area contributed by atoms with E-state index in [2.05, 4.69) is 21.2 Å². The van der Waals surface area contributed by atoms with Gasteiger partial charge in [-0.25, -0.2) is 8.42 Å². The van der Waals surface area contributed by atoms with Gasteiger partial charge in [-0.3, -0.25) is 4.79 Å². The second kappa shape index (κ2) is 7.91. The summed E-state index contributed by atoms with van der Waals surface area (Å²) in [7, 11) is -3.99. The predicted molar refractivity (Wildman–Crippen MR) is 116 cm³/mol. The molecule has 5 nitrogen and oxygen atoms in total. The summed E-state index contributed by atoms with van der Waals surface area (Å²) in [6.45, 7) is -0.309. The number of nitrogens with zero attached hydrogens (tertiary/aromatic N) is 1. The Hall–Kier alpha value is -2.19. The van der Waals surface area contributed by atoms with Crippen LogP contribution in [0.5, 0.6) is 0 Å². The van der Waals surface area contributed by atoms with Crippen LogP contribution in [0.3, 0.4) is 0 Å². The van der Waals surface area contributed by atoms with Gasteiger partial charge in [-0.2, -0.15) is 4.31 Å². The molecule has 1 unspecified atom stereocenters. The van der Waals surface area contributed by atoms with Gasteiger partial charge in [0.25, 0.3) is 0 Å². The molecule has 8 heteroatoms. The maximum atomic E-state index is 13.6. The third-order valence-electron chi connectivity index (χ3n) is 4.71.